The Morgan fingerprint density at radius 3 is 2.48 bits per heavy atom. The number of methoxy groups -OCH3 is 1. The van der Waals surface area contributed by atoms with Crippen molar-refractivity contribution in [2.75, 3.05) is 62.1 Å². The molecule has 3 heterocycles. The van der Waals surface area contributed by atoms with Gasteiger partial charge in [0.05, 0.1) is 37.6 Å². The second kappa shape index (κ2) is 12.9. The first-order valence-electron chi connectivity index (χ1n) is 16.2. The first-order chi connectivity index (χ1) is 21.2. The number of nitrogens with zero attached hydrogens (tertiary/aromatic N) is 5. The molecule has 0 bridgehead atoms. The van der Waals surface area contributed by atoms with E-state index in [4.69, 9.17) is 14.5 Å². The summed E-state index contributed by atoms with van der Waals surface area (Å²) >= 11 is 0. The number of nitrogens with one attached hydrogen (secondary N) is 2. The van der Waals surface area contributed by atoms with Crippen LogP contribution in [-0.2, 0) is 9.53 Å². The third-order valence-electron chi connectivity index (χ3n) is 9.90. The zero-order valence-corrected chi connectivity index (χ0v) is 26.6. The Bertz CT molecular complexity index is 1350. The van der Waals surface area contributed by atoms with Gasteiger partial charge >= 0.3 is 0 Å². The van der Waals surface area contributed by atoms with Crippen LogP contribution >= 0.6 is 0 Å². The molecule has 238 valence electrons. The summed E-state index contributed by atoms with van der Waals surface area (Å²) in [5.41, 5.74) is 1.39. The molecule has 2 aliphatic heterocycles. The topological polar surface area (TPSA) is 112 Å². The van der Waals surface area contributed by atoms with E-state index in [-0.39, 0.29) is 17.9 Å². The molecule has 1 saturated heterocycles. The van der Waals surface area contributed by atoms with Crippen LogP contribution in [0.15, 0.2) is 24.4 Å². The smallest absolute Gasteiger partial charge is 0.251 e. The van der Waals surface area contributed by atoms with Gasteiger partial charge in [0.2, 0.25) is 11.9 Å². The lowest BCUT2D eigenvalue weighted by Crippen LogP contribution is -2.47. The van der Waals surface area contributed by atoms with Gasteiger partial charge in [-0.1, -0.05) is 12.8 Å². The normalized spacial score (nSPS) is 24.5. The van der Waals surface area contributed by atoms with E-state index in [0.29, 0.717) is 41.6 Å². The molecule has 4 aliphatic rings. The van der Waals surface area contributed by atoms with Gasteiger partial charge < -0.3 is 29.9 Å². The maximum Gasteiger partial charge on any atom is 0.251 e. The Labute approximate surface area is 260 Å². The predicted molar refractivity (Wildman–Crippen MR) is 171 cm³/mol. The number of amides is 2. The monoisotopic (exact) mass is 605 g/mol. The fourth-order valence-electron chi connectivity index (χ4n) is 7.38. The number of rotatable bonds is 7. The number of hydrogen-bond donors (Lipinski definition) is 2. The fourth-order valence-corrected chi connectivity index (χ4v) is 7.38. The third kappa shape index (κ3) is 6.35. The van der Waals surface area contributed by atoms with Crippen molar-refractivity contribution in [2.24, 2.45) is 5.41 Å². The molecule has 0 radical (unpaired) electrons. The summed E-state index contributed by atoms with van der Waals surface area (Å²) < 4.78 is 11.2. The predicted octanol–water partition coefficient (Wildman–Crippen LogP) is 4.35. The van der Waals surface area contributed by atoms with Crippen LogP contribution in [-0.4, -0.2) is 91.8 Å². The number of benzene rings is 1. The fraction of sp³-hybridized carbons (Fsp3) is 0.636. The number of hydrogen-bond acceptors (Lipinski definition) is 9. The summed E-state index contributed by atoms with van der Waals surface area (Å²) in [6.07, 6.45) is 10.4. The number of carbonyl (C=O) groups excluding carboxylic acids is 2. The van der Waals surface area contributed by atoms with Gasteiger partial charge in [0.25, 0.3) is 5.91 Å². The van der Waals surface area contributed by atoms with Crippen LogP contribution in [0.3, 0.4) is 0 Å². The maximum atomic E-state index is 13.3. The van der Waals surface area contributed by atoms with Crippen LogP contribution in [0.1, 0.15) is 75.6 Å². The highest BCUT2D eigenvalue weighted by Gasteiger charge is 2.41. The van der Waals surface area contributed by atoms with Gasteiger partial charge in [-0.05, 0) is 70.6 Å². The molecule has 11 nitrogen and oxygen atoms in total. The second-order valence-electron chi connectivity index (χ2n) is 13.4. The van der Waals surface area contributed by atoms with Crippen LogP contribution in [0, 0.1) is 5.41 Å². The van der Waals surface area contributed by atoms with Gasteiger partial charge in [0.1, 0.15) is 11.4 Å². The summed E-state index contributed by atoms with van der Waals surface area (Å²) in [4.78, 5) is 42.6. The van der Waals surface area contributed by atoms with E-state index in [9.17, 15) is 9.59 Å². The van der Waals surface area contributed by atoms with Crippen molar-refractivity contribution in [2.45, 2.75) is 83.3 Å². The highest BCUT2D eigenvalue weighted by Crippen LogP contribution is 2.40. The molecule has 2 aromatic rings. The molecule has 3 fully saturated rings. The van der Waals surface area contributed by atoms with Crippen LogP contribution in [0.25, 0.3) is 0 Å². The lowest BCUT2D eigenvalue weighted by molar-refractivity contribution is -0.125. The first-order valence-corrected chi connectivity index (χ1v) is 16.2. The van der Waals surface area contributed by atoms with Gasteiger partial charge in [-0.2, -0.15) is 4.98 Å². The highest BCUT2D eigenvalue weighted by atomic mass is 16.5. The summed E-state index contributed by atoms with van der Waals surface area (Å²) in [5, 5.41) is 6.56. The lowest BCUT2D eigenvalue weighted by Gasteiger charge is -2.38. The van der Waals surface area contributed by atoms with E-state index >= 15 is 0 Å². The quantitative estimate of drug-likeness (QED) is 0.476. The van der Waals surface area contributed by atoms with Crippen molar-refractivity contribution in [3.05, 3.63) is 30.0 Å². The molecule has 1 aromatic carbocycles. The Morgan fingerprint density at radius 1 is 1.05 bits per heavy atom. The molecule has 2 N–H and O–H groups in total. The Hall–Kier alpha value is -3.44. The van der Waals surface area contributed by atoms with Gasteiger partial charge in [-0.25, -0.2) is 4.98 Å². The summed E-state index contributed by atoms with van der Waals surface area (Å²) in [7, 11) is 3.40. The van der Waals surface area contributed by atoms with Crippen LogP contribution in [0.4, 0.5) is 23.1 Å². The van der Waals surface area contributed by atoms with Gasteiger partial charge in [-0.3, -0.25) is 14.5 Å². The van der Waals surface area contributed by atoms with Gasteiger partial charge in [0, 0.05) is 50.4 Å². The Morgan fingerprint density at radius 2 is 1.77 bits per heavy atom. The molecule has 0 spiro atoms. The van der Waals surface area contributed by atoms with Crippen LogP contribution < -0.4 is 25.2 Å². The van der Waals surface area contributed by atoms with Crippen LogP contribution in [0.5, 0.6) is 5.75 Å². The van der Waals surface area contributed by atoms with Crippen molar-refractivity contribution < 1.29 is 19.1 Å². The zero-order valence-electron chi connectivity index (χ0n) is 26.6. The second-order valence-corrected chi connectivity index (χ2v) is 13.4. The summed E-state index contributed by atoms with van der Waals surface area (Å²) in [6.45, 7) is 8.26. The standard InChI is InChI=1S/C33H47N7O4/c1-33(2)21-40(25-7-5-6-8-25)29-27(38(3)31(33)42)20-34-32(37-29)36-26-14-9-22(19-28(26)43-4)30(41)35-23-10-12-24(13-11-23)39-15-17-44-18-16-39/h9,14,19-20,23-25H,5-8,10-13,15-18,21H2,1-4H3,(H,35,41)(H,34,36,37)/t23-,24+. The Kier molecular flexibility index (Phi) is 8.96. The summed E-state index contributed by atoms with van der Waals surface area (Å²) in [6, 6.07) is 6.52. The minimum Gasteiger partial charge on any atom is -0.495 e. The van der Waals surface area contributed by atoms with Gasteiger partial charge in [0.15, 0.2) is 5.82 Å². The minimum absolute atomic E-state index is 0.0595. The molecule has 0 atom stereocenters. The molecule has 6 rings (SSSR count). The SMILES string of the molecule is COc1cc(C(=O)N[C@H]2CC[C@@H](N3CCOCC3)CC2)ccc1Nc1ncc2c(n1)N(C1CCCC1)CC(C)(C)C(=O)N2C. The van der Waals surface area contributed by atoms with Crippen molar-refractivity contribution >= 4 is 35.0 Å². The van der Waals surface area contributed by atoms with Crippen LogP contribution in [0.2, 0.25) is 0 Å². The molecule has 0 unspecified atom stereocenters. The number of carbonyl (C=O) groups is 2. The highest BCUT2D eigenvalue weighted by molar-refractivity contribution is 6.01. The van der Waals surface area contributed by atoms with E-state index in [0.717, 1.165) is 76.3 Å². The Balaban J connectivity index is 1.15. The molecular formula is C33H47N7O4. The molecule has 1 aromatic heterocycles. The van der Waals surface area contributed by atoms with Crippen molar-refractivity contribution in [1.82, 2.24) is 20.2 Å². The number of morpholine rings is 1. The molecule has 2 amide bonds. The van der Waals surface area contributed by atoms with E-state index in [1.54, 1.807) is 31.3 Å². The third-order valence-corrected chi connectivity index (χ3v) is 9.90. The van der Waals surface area contributed by atoms with E-state index < -0.39 is 5.41 Å². The van der Waals surface area contributed by atoms with Crippen molar-refractivity contribution in [3.63, 3.8) is 0 Å². The van der Waals surface area contributed by atoms with E-state index in [1.165, 1.54) is 12.8 Å². The molecule has 2 aliphatic carbocycles. The molecular weight excluding hydrogens is 558 g/mol. The minimum atomic E-state index is -0.548. The maximum absolute atomic E-state index is 13.3. The van der Waals surface area contributed by atoms with E-state index in [2.05, 4.69) is 25.4 Å². The van der Waals surface area contributed by atoms with Crippen molar-refractivity contribution in [3.8, 4) is 5.75 Å². The number of aromatic nitrogens is 2. The van der Waals surface area contributed by atoms with Gasteiger partial charge in [-0.15, -0.1) is 0 Å². The largest absolute Gasteiger partial charge is 0.495 e. The van der Waals surface area contributed by atoms with Crippen molar-refractivity contribution in [1.29, 1.82) is 0 Å². The lowest BCUT2D eigenvalue weighted by atomic mass is 9.89. The average molecular weight is 606 g/mol. The average Bonchev–Trinajstić information content (AvgIpc) is 3.57. The summed E-state index contributed by atoms with van der Waals surface area (Å²) in [5.74, 6) is 1.69. The number of ether oxygens (including phenoxy) is 2. The van der Waals surface area contributed by atoms with E-state index in [1.807, 2.05) is 26.0 Å². The molecule has 2 saturated carbocycles. The molecule has 44 heavy (non-hydrogen) atoms. The molecule has 11 heteroatoms. The number of anilines is 4. The zero-order chi connectivity index (χ0) is 30.8. The first kappa shape index (κ1) is 30.6. The number of fused-ring (bicyclic) bond motifs is 1.